The molecule has 31 heavy (non-hydrogen) atoms. The fourth-order valence-corrected chi connectivity index (χ4v) is 3.26. The van der Waals surface area contributed by atoms with Crippen molar-refractivity contribution in [2.75, 3.05) is 18.6 Å². The zero-order valence-corrected chi connectivity index (χ0v) is 18.8. The number of aromatic nitrogens is 2. The number of thioether (sulfide) groups is 1. The highest BCUT2D eigenvalue weighted by Gasteiger charge is 2.31. The van der Waals surface area contributed by atoms with Gasteiger partial charge in [-0.3, -0.25) is 14.4 Å². The van der Waals surface area contributed by atoms with E-state index < -0.39 is 41.8 Å². The second-order valence-corrected chi connectivity index (χ2v) is 8.14. The van der Waals surface area contributed by atoms with E-state index in [1.807, 2.05) is 20.1 Å². The van der Waals surface area contributed by atoms with Gasteiger partial charge in [0.2, 0.25) is 17.7 Å². The highest BCUT2D eigenvalue weighted by molar-refractivity contribution is 7.98. The summed E-state index contributed by atoms with van der Waals surface area (Å²) in [5.41, 5.74) is 5.90. The van der Waals surface area contributed by atoms with E-state index in [1.54, 1.807) is 0 Å². The van der Waals surface area contributed by atoms with Crippen LogP contribution in [0.15, 0.2) is 12.5 Å². The quantitative estimate of drug-likeness (QED) is 0.211. The number of carboxylic acids is 1. The van der Waals surface area contributed by atoms with Crippen molar-refractivity contribution < 1.29 is 24.3 Å². The first kappa shape index (κ1) is 26.4. The number of carbonyl (C=O) groups is 4. The topological polar surface area (TPSA) is 179 Å². The van der Waals surface area contributed by atoms with Gasteiger partial charge in [0.25, 0.3) is 0 Å². The number of carbonyl (C=O) groups excluding carboxylic acids is 3. The molecule has 7 N–H and O–H groups in total. The van der Waals surface area contributed by atoms with Gasteiger partial charge in [-0.1, -0.05) is 20.3 Å². The van der Waals surface area contributed by atoms with Crippen molar-refractivity contribution in [1.29, 1.82) is 0 Å². The Kier molecular flexibility index (Phi) is 11.6. The minimum Gasteiger partial charge on any atom is -0.480 e. The number of hydrogen-bond donors (Lipinski definition) is 6. The molecule has 1 heterocycles. The summed E-state index contributed by atoms with van der Waals surface area (Å²) in [5, 5.41) is 17.2. The van der Waals surface area contributed by atoms with Crippen LogP contribution in [0.3, 0.4) is 0 Å². The predicted molar refractivity (Wildman–Crippen MR) is 117 cm³/mol. The van der Waals surface area contributed by atoms with Gasteiger partial charge in [-0.15, -0.1) is 0 Å². The molecule has 0 aromatic carbocycles. The van der Waals surface area contributed by atoms with E-state index in [4.69, 9.17) is 5.73 Å². The Hall–Kier alpha value is -2.60. The molecule has 0 radical (unpaired) electrons. The first-order valence-electron chi connectivity index (χ1n) is 10.0. The van der Waals surface area contributed by atoms with E-state index in [0.29, 0.717) is 24.3 Å². The van der Waals surface area contributed by atoms with Crippen LogP contribution in [0.25, 0.3) is 0 Å². The van der Waals surface area contributed by atoms with Crippen molar-refractivity contribution in [3.8, 4) is 0 Å². The number of imidazole rings is 1. The summed E-state index contributed by atoms with van der Waals surface area (Å²) < 4.78 is 0. The Morgan fingerprint density at radius 1 is 1.19 bits per heavy atom. The molecule has 1 aromatic heterocycles. The van der Waals surface area contributed by atoms with Crippen molar-refractivity contribution in [2.45, 2.75) is 51.2 Å². The van der Waals surface area contributed by atoms with E-state index >= 15 is 0 Å². The molecule has 0 bridgehead atoms. The molecule has 0 spiro atoms. The van der Waals surface area contributed by atoms with Gasteiger partial charge in [0.05, 0.1) is 12.9 Å². The van der Waals surface area contributed by atoms with Gasteiger partial charge >= 0.3 is 5.97 Å². The lowest BCUT2D eigenvalue weighted by Crippen LogP contribution is -2.58. The summed E-state index contributed by atoms with van der Waals surface area (Å²) in [6.07, 6.45) is 5.70. The maximum atomic E-state index is 12.9. The summed E-state index contributed by atoms with van der Waals surface area (Å²) in [4.78, 5) is 55.7. The van der Waals surface area contributed by atoms with Gasteiger partial charge in [0.1, 0.15) is 18.1 Å². The molecule has 0 saturated carbocycles. The first-order chi connectivity index (χ1) is 14.7. The molecule has 11 nitrogen and oxygen atoms in total. The van der Waals surface area contributed by atoms with E-state index in [-0.39, 0.29) is 18.9 Å². The number of nitrogens with zero attached hydrogens (tertiary/aromatic N) is 1. The Bertz CT molecular complexity index is 729. The molecule has 0 aliphatic heterocycles. The fourth-order valence-electron chi connectivity index (χ4n) is 2.79. The summed E-state index contributed by atoms with van der Waals surface area (Å²) in [5.74, 6) is -2.42. The van der Waals surface area contributed by atoms with Gasteiger partial charge in [0, 0.05) is 18.3 Å². The number of nitrogens with one attached hydrogen (secondary N) is 4. The summed E-state index contributed by atoms with van der Waals surface area (Å²) in [6, 6.07) is -3.00. The second kappa shape index (κ2) is 13.7. The molecular formula is C19H32N6O5S. The highest BCUT2D eigenvalue weighted by atomic mass is 32.2. The minimum absolute atomic E-state index is 0.0202. The molecule has 12 heteroatoms. The number of aromatic amines is 1. The number of amides is 3. The molecule has 3 amide bonds. The smallest absolute Gasteiger partial charge is 0.326 e. The molecule has 1 aromatic rings. The Morgan fingerprint density at radius 3 is 2.39 bits per heavy atom. The monoisotopic (exact) mass is 456 g/mol. The maximum Gasteiger partial charge on any atom is 0.326 e. The second-order valence-electron chi connectivity index (χ2n) is 7.16. The number of nitrogens with two attached hydrogens (primary N) is 1. The minimum atomic E-state index is -1.20. The fraction of sp³-hybridized carbons (Fsp3) is 0.632. The maximum absolute atomic E-state index is 12.9. The first-order valence-corrected chi connectivity index (χ1v) is 11.4. The molecule has 0 aliphatic rings. The van der Waals surface area contributed by atoms with Crippen LogP contribution in [0, 0.1) is 5.92 Å². The van der Waals surface area contributed by atoms with Crippen molar-refractivity contribution in [2.24, 2.45) is 11.7 Å². The molecule has 174 valence electrons. The number of aliphatic carboxylic acids is 1. The van der Waals surface area contributed by atoms with Crippen LogP contribution in [-0.2, 0) is 25.6 Å². The van der Waals surface area contributed by atoms with Crippen LogP contribution in [0.4, 0.5) is 0 Å². The van der Waals surface area contributed by atoms with E-state index in [0.717, 1.165) is 0 Å². The van der Waals surface area contributed by atoms with Gasteiger partial charge in [-0.2, -0.15) is 11.8 Å². The predicted octanol–water partition coefficient (Wildman–Crippen LogP) is -0.751. The van der Waals surface area contributed by atoms with Gasteiger partial charge < -0.3 is 31.8 Å². The van der Waals surface area contributed by atoms with Crippen LogP contribution in [0.5, 0.6) is 0 Å². The van der Waals surface area contributed by atoms with Crippen LogP contribution in [0.1, 0.15) is 32.4 Å². The Labute approximate surface area is 185 Å². The van der Waals surface area contributed by atoms with Crippen molar-refractivity contribution >= 4 is 35.5 Å². The normalized spacial score (nSPS) is 14.7. The van der Waals surface area contributed by atoms with Gasteiger partial charge in [0.15, 0.2) is 0 Å². The van der Waals surface area contributed by atoms with E-state index in [9.17, 15) is 24.3 Å². The zero-order valence-electron chi connectivity index (χ0n) is 18.0. The summed E-state index contributed by atoms with van der Waals surface area (Å²) >= 11 is 1.49. The molecule has 4 atom stereocenters. The summed E-state index contributed by atoms with van der Waals surface area (Å²) in [6.45, 7) is 3.43. The average molecular weight is 457 g/mol. The highest BCUT2D eigenvalue weighted by Crippen LogP contribution is 2.10. The van der Waals surface area contributed by atoms with Gasteiger partial charge in [-0.05, 0) is 24.3 Å². The average Bonchev–Trinajstić information content (AvgIpc) is 3.26. The van der Waals surface area contributed by atoms with Crippen molar-refractivity contribution in [1.82, 2.24) is 25.9 Å². The molecule has 0 saturated heterocycles. The third-order valence-electron chi connectivity index (χ3n) is 4.83. The lowest BCUT2D eigenvalue weighted by molar-refractivity contribution is -0.142. The Balaban J connectivity index is 2.93. The third kappa shape index (κ3) is 8.97. The number of carboxylic acid groups (broad SMARTS) is 1. The molecule has 1 rings (SSSR count). The largest absolute Gasteiger partial charge is 0.480 e. The standard InChI is InChI=1S/C19H32N6O5S/c1-4-11(2)16(25-15(26)8-20)18(28)23-13(5-6-31-3)17(27)24-14(19(29)30)7-12-9-21-10-22-12/h9-11,13-14,16H,4-8,20H2,1-3H3,(H,21,22)(H,23,28)(H,24,27)(H,25,26)(H,29,30). The van der Waals surface area contributed by atoms with E-state index in [2.05, 4.69) is 25.9 Å². The van der Waals surface area contributed by atoms with Crippen LogP contribution >= 0.6 is 11.8 Å². The molecular weight excluding hydrogens is 424 g/mol. The van der Waals surface area contributed by atoms with E-state index in [1.165, 1.54) is 24.3 Å². The van der Waals surface area contributed by atoms with Crippen LogP contribution in [0.2, 0.25) is 0 Å². The van der Waals surface area contributed by atoms with Crippen LogP contribution < -0.4 is 21.7 Å². The molecule has 0 fully saturated rings. The van der Waals surface area contributed by atoms with Crippen molar-refractivity contribution in [3.05, 3.63) is 18.2 Å². The van der Waals surface area contributed by atoms with Crippen molar-refractivity contribution in [3.63, 3.8) is 0 Å². The lowest BCUT2D eigenvalue weighted by Gasteiger charge is -2.27. The van der Waals surface area contributed by atoms with Gasteiger partial charge in [-0.25, -0.2) is 9.78 Å². The zero-order chi connectivity index (χ0) is 23.4. The summed E-state index contributed by atoms with van der Waals surface area (Å²) in [7, 11) is 0. The SMILES string of the molecule is CCC(C)C(NC(=O)CN)C(=O)NC(CCSC)C(=O)NC(Cc1cnc[nH]1)C(=O)O. The third-order valence-corrected chi connectivity index (χ3v) is 5.48. The molecule has 4 unspecified atom stereocenters. The number of H-pyrrole nitrogens is 1. The number of rotatable bonds is 14. The Morgan fingerprint density at radius 2 is 1.87 bits per heavy atom. The molecule has 0 aliphatic carbocycles. The lowest BCUT2D eigenvalue weighted by atomic mass is 9.97. The van der Waals surface area contributed by atoms with Crippen LogP contribution in [-0.4, -0.2) is 75.4 Å². The number of hydrogen-bond acceptors (Lipinski definition) is 7.